The molecule has 0 radical (unpaired) electrons. The van der Waals surface area contributed by atoms with Crippen molar-refractivity contribution >= 4 is 31.6 Å². The Kier molecular flexibility index (Phi) is 5.81. The second-order valence-corrected chi connectivity index (χ2v) is 12.0. The number of amides is 1. The Morgan fingerprint density at radius 3 is 2.36 bits per heavy atom. The van der Waals surface area contributed by atoms with Crippen molar-refractivity contribution in [3.63, 3.8) is 0 Å². The minimum atomic E-state index is -2.04. The van der Waals surface area contributed by atoms with E-state index in [-0.39, 0.29) is 23.3 Å². The quantitative estimate of drug-likeness (QED) is 0.822. The van der Waals surface area contributed by atoms with Crippen LogP contribution in [0.1, 0.15) is 38.1 Å². The molecule has 0 fully saturated rings. The number of benzene rings is 1. The van der Waals surface area contributed by atoms with Gasteiger partial charge in [-0.1, -0.05) is 32.4 Å². The van der Waals surface area contributed by atoms with Crippen LogP contribution in [-0.2, 0) is 4.79 Å². The summed E-state index contributed by atoms with van der Waals surface area (Å²) >= 11 is 6.20. The van der Waals surface area contributed by atoms with Crippen LogP contribution in [0.3, 0.4) is 0 Å². The third-order valence-electron chi connectivity index (χ3n) is 3.86. The fourth-order valence-corrected chi connectivity index (χ4v) is 2.70. The molecule has 0 heterocycles. The Balaban J connectivity index is 3.00. The summed E-state index contributed by atoms with van der Waals surface area (Å²) < 4.78 is 6.17. The second kappa shape index (κ2) is 6.83. The van der Waals surface area contributed by atoms with Gasteiger partial charge in [0.25, 0.3) is 14.2 Å². The fraction of sp³-hybridized carbons (Fsp3) is 0.500. The molecule has 0 atom stereocenters. The summed E-state index contributed by atoms with van der Waals surface area (Å²) in [5.74, 6) is 0.107. The van der Waals surface area contributed by atoms with E-state index in [4.69, 9.17) is 16.0 Å². The number of carbonyl (C=O) groups excluding carboxylic acids is 2. The molecule has 1 rings (SSSR count). The van der Waals surface area contributed by atoms with Gasteiger partial charge in [-0.3, -0.25) is 9.59 Å². The summed E-state index contributed by atoms with van der Waals surface area (Å²) in [5.41, 5.74) is 0.430. The molecule has 0 spiro atoms. The van der Waals surface area contributed by atoms with Gasteiger partial charge in [0.05, 0.1) is 11.6 Å². The van der Waals surface area contributed by atoms with E-state index in [9.17, 15) is 9.59 Å². The summed E-state index contributed by atoms with van der Waals surface area (Å²) in [4.78, 5) is 23.0. The van der Waals surface area contributed by atoms with Crippen molar-refractivity contribution in [3.8, 4) is 5.75 Å². The van der Waals surface area contributed by atoms with Crippen LogP contribution in [-0.4, -0.2) is 26.6 Å². The van der Waals surface area contributed by atoms with Crippen molar-refractivity contribution in [1.82, 2.24) is 5.32 Å². The number of Topliss-reactive ketones (excluding diaryl/α,β-unsaturated/α-hetero) is 1. The first-order valence-electron chi connectivity index (χ1n) is 7.20. The highest BCUT2D eigenvalue weighted by atomic mass is 35.5. The molecule has 0 bridgehead atoms. The van der Waals surface area contributed by atoms with Crippen LogP contribution in [0.15, 0.2) is 18.2 Å². The number of halogens is 1. The topological polar surface area (TPSA) is 55.4 Å². The van der Waals surface area contributed by atoms with E-state index >= 15 is 0 Å². The lowest BCUT2D eigenvalue weighted by Crippen LogP contribution is -2.44. The van der Waals surface area contributed by atoms with Crippen LogP contribution in [0.2, 0.25) is 23.2 Å². The van der Waals surface area contributed by atoms with E-state index in [0.29, 0.717) is 16.3 Å². The number of nitrogens with one attached hydrogen (secondary N) is 1. The molecule has 1 aromatic rings. The molecule has 6 heteroatoms. The fourth-order valence-electron chi connectivity index (χ4n) is 1.46. The van der Waals surface area contributed by atoms with E-state index in [1.165, 1.54) is 6.92 Å². The molecule has 22 heavy (non-hydrogen) atoms. The average Bonchev–Trinajstić information content (AvgIpc) is 2.36. The van der Waals surface area contributed by atoms with Gasteiger partial charge in [-0.25, -0.2) is 0 Å². The minimum absolute atomic E-state index is 0.0138. The molecular formula is C16H24ClNO3Si. The van der Waals surface area contributed by atoms with Crippen LogP contribution in [0.5, 0.6) is 5.75 Å². The molecule has 0 saturated heterocycles. The van der Waals surface area contributed by atoms with Gasteiger partial charge in [-0.2, -0.15) is 0 Å². The molecular weight excluding hydrogens is 318 g/mol. The van der Waals surface area contributed by atoms with Crippen molar-refractivity contribution in [2.45, 2.75) is 45.8 Å². The Morgan fingerprint density at radius 2 is 1.86 bits per heavy atom. The van der Waals surface area contributed by atoms with Crippen LogP contribution in [0.4, 0.5) is 0 Å². The monoisotopic (exact) mass is 341 g/mol. The number of rotatable bonds is 5. The maximum absolute atomic E-state index is 12.0. The van der Waals surface area contributed by atoms with E-state index < -0.39 is 8.32 Å². The third-order valence-corrected chi connectivity index (χ3v) is 8.52. The summed E-state index contributed by atoms with van der Waals surface area (Å²) in [6, 6.07) is 4.90. The smallest absolute Gasteiger partial charge is 0.251 e. The Bertz CT molecular complexity index is 579. The lowest BCUT2D eigenvalue weighted by Gasteiger charge is -2.36. The first-order valence-corrected chi connectivity index (χ1v) is 10.5. The van der Waals surface area contributed by atoms with Gasteiger partial charge in [-0.15, -0.1) is 0 Å². The number of carbonyl (C=O) groups is 2. The number of hydrogen-bond acceptors (Lipinski definition) is 3. The van der Waals surface area contributed by atoms with Crippen LogP contribution in [0.25, 0.3) is 0 Å². The Hall–Kier alpha value is -1.33. The van der Waals surface area contributed by atoms with Gasteiger partial charge in [0, 0.05) is 5.56 Å². The van der Waals surface area contributed by atoms with Gasteiger partial charge in [0.15, 0.2) is 0 Å². The molecule has 0 aliphatic heterocycles. The maximum atomic E-state index is 12.0. The Morgan fingerprint density at radius 1 is 1.27 bits per heavy atom. The van der Waals surface area contributed by atoms with Gasteiger partial charge in [0.2, 0.25) is 0 Å². The summed E-state index contributed by atoms with van der Waals surface area (Å²) in [6.45, 7) is 12.1. The van der Waals surface area contributed by atoms with Gasteiger partial charge in [-0.05, 0) is 43.3 Å². The van der Waals surface area contributed by atoms with Crippen LogP contribution >= 0.6 is 11.6 Å². The molecule has 4 nitrogen and oxygen atoms in total. The Labute approximate surface area is 138 Å². The van der Waals surface area contributed by atoms with E-state index in [1.54, 1.807) is 18.2 Å². The molecule has 1 aromatic carbocycles. The van der Waals surface area contributed by atoms with Crippen molar-refractivity contribution in [3.05, 3.63) is 28.8 Å². The van der Waals surface area contributed by atoms with E-state index in [2.05, 4.69) is 39.2 Å². The molecule has 0 unspecified atom stereocenters. The third kappa shape index (κ3) is 4.85. The summed E-state index contributed by atoms with van der Waals surface area (Å²) in [6.07, 6.45) is 0. The molecule has 0 aliphatic carbocycles. The van der Waals surface area contributed by atoms with Gasteiger partial charge < -0.3 is 9.74 Å². The highest BCUT2D eigenvalue weighted by Gasteiger charge is 2.39. The van der Waals surface area contributed by atoms with E-state index in [1.807, 2.05) is 0 Å². The SMILES string of the molecule is CC(=O)CNC(=O)c1ccc(Cl)c(O[Si](C)(C)C(C)(C)C)c1. The lowest BCUT2D eigenvalue weighted by molar-refractivity contribution is -0.116. The van der Waals surface area contributed by atoms with Crippen molar-refractivity contribution in [2.75, 3.05) is 6.54 Å². The molecule has 0 saturated carbocycles. The standard InChI is InChI=1S/C16H24ClNO3Si/c1-11(19)10-18-15(20)12-7-8-13(17)14(9-12)21-22(5,6)16(2,3)4/h7-9H,10H2,1-6H3,(H,18,20). The maximum Gasteiger partial charge on any atom is 0.251 e. The predicted octanol–water partition coefficient (Wildman–Crippen LogP) is 4.04. The van der Waals surface area contributed by atoms with Crippen molar-refractivity contribution < 1.29 is 14.0 Å². The molecule has 1 amide bonds. The average molecular weight is 342 g/mol. The molecule has 122 valence electrons. The first-order chi connectivity index (χ1) is 9.94. The zero-order valence-corrected chi connectivity index (χ0v) is 15.8. The van der Waals surface area contributed by atoms with Crippen molar-refractivity contribution in [1.29, 1.82) is 0 Å². The number of ketones is 1. The van der Waals surface area contributed by atoms with Crippen molar-refractivity contribution in [2.24, 2.45) is 0 Å². The lowest BCUT2D eigenvalue weighted by atomic mass is 10.2. The second-order valence-electron chi connectivity index (χ2n) is 6.89. The van der Waals surface area contributed by atoms with Gasteiger partial charge >= 0.3 is 0 Å². The first kappa shape index (κ1) is 18.7. The zero-order chi connectivity index (χ0) is 17.1. The van der Waals surface area contributed by atoms with Gasteiger partial charge in [0.1, 0.15) is 11.5 Å². The molecule has 0 aliphatic rings. The highest BCUT2D eigenvalue weighted by Crippen LogP contribution is 2.39. The normalized spacial score (nSPS) is 12.0. The summed E-state index contributed by atoms with van der Waals surface area (Å²) in [7, 11) is -2.04. The van der Waals surface area contributed by atoms with Crippen LogP contribution < -0.4 is 9.74 Å². The number of hydrogen-bond donors (Lipinski definition) is 1. The minimum Gasteiger partial charge on any atom is -0.542 e. The highest BCUT2D eigenvalue weighted by molar-refractivity contribution is 6.74. The largest absolute Gasteiger partial charge is 0.542 e. The summed E-state index contributed by atoms with van der Waals surface area (Å²) in [5, 5.41) is 3.07. The molecule has 0 aromatic heterocycles. The zero-order valence-electron chi connectivity index (χ0n) is 14.0. The van der Waals surface area contributed by atoms with E-state index in [0.717, 1.165) is 0 Å². The molecule has 1 N–H and O–H groups in total. The predicted molar refractivity (Wildman–Crippen MR) is 92.3 cm³/mol. The van der Waals surface area contributed by atoms with Crippen LogP contribution in [0, 0.1) is 0 Å².